The van der Waals surface area contributed by atoms with Crippen molar-refractivity contribution in [2.24, 2.45) is 0 Å². The van der Waals surface area contributed by atoms with Crippen LogP contribution < -0.4 is 5.32 Å². The molecule has 0 radical (unpaired) electrons. The number of unbranched alkanes of at least 4 members (excludes halogenated alkanes) is 4. The normalized spacial score (nSPS) is 11.8. The number of rotatable bonds is 10. The predicted octanol–water partition coefficient (Wildman–Crippen LogP) is 3.81. The van der Waals surface area contributed by atoms with Gasteiger partial charge in [-0.1, -0.05) is 25.3 Å². The zero-order chi connectivity index (χ0) is 18.1. The van der Waals surface area contributed by atoms with Gasteiger partial charge in [0.25, 0.3) is 5.91 Å². The molecule has 132 valence electrons. The van der Waals surface area contributed by atoms with Crippen LogP contribution in [0.5, 0.6) is 0 Å². The number of amides is 1. The van der Waals surface area contributed by atoms with Gasteiger partial charge in [-0.3, -0.25) is 4.79 Å². The van der Waals surface area contributed by atoms with Gasteiger partial charge in [0.05, 0.1) is 0 Å². The number of carbonyl (C=O) groups excluding carboxylic acids is 1. The SMILES string of the molecule is C=CCCCCCC[C@@H](NC(=O)c1c(F)cc(F)cc1F)C(=O)O. The zero-order valence-electron chi connectivity index (χ0n) is 13.2. The van der Waals surface area contributed by atoms with Crippen LogP contribution in [-0.4, -0.2) is 23.0 Å². The van der Waals surface area contributed by atoms with Crippen LogP contribution in [0, 0.1) is 17.5 Å². The summed E-state index contributed by atoms with van der Waals surface area (Å²) in [6.45, 7) is 3.60. The van der Waals surface area contributed by atoms with Crippen LogP contribution in [0.2, 0.25) is 0 Å². The minimum absolute atomic E-state index is 0.138. The maximum absolute atomic E-state index is 13.5. The van der Waals surface area contributed by atoms with Gasteiger partial charge in [-0.2, -0.15) is 0 Å². The van der Waals surface area contributed by atoms with Crippen LogP contribution in [0.15, 0.2) is 24.8 Å². The summed E-state index contributed by atoms with van der Waals surface area (Å²) in [7, 11) is 0. The van der Waals surface area contributed by atoms with E-state index in [9.17, 15) is 22.8 Å². The molecule has 0 unspecified atom stereocenters. The molecule has 1 atom stereocenters. The molecule has 0 bridgehead atoms. The Morgan fingerprint density at radius 2 is 1.71 bits per heavy atom. The van der Waals surface area contributed by atoms with Crippen molar-refractivity contribution in [1.29, 1.82) is 0 Å². The molecule has 1 aromatic rings. The Bertz CT molecular complexity index is 582. The van der Waals surface area contributed by atoms with E-state index >= 15 is 0 Å². The summed E-state index contributed by atoms with van der Waals surface area (Å²) in [6.07, 6.45) is 5.97. The highest BCUT2D eigenvalue weighted by molar-refractivity contribution is 5.97. The fourth-order valence-electron chi connectivity index (χ4n) is 2.24. The van der Waals surface area contributed by atoms with Gasteiger partial charge in [0.1, 0.15) is 29.1 Å². The molecule has 24 heavy (non-hydrogen) atoms. The van der Waals surface area contributed by atoms with E-state index in [1.165, 1.54) is 0 Å². The Hall–Kier alpha value is -2.31. The van der Waals surface area contributed by atoms with Crippen molar-refractivity contribution in [3.63, 3.8) is 0 Å². The highest BCUT2D eigenvalue weighted by Gasteiger charge is 2.24. The summed E-state index contributed by atoms with van der Waals surface area (Å²) in [5.41, 5.74) is -0.992. The monoisotopic (exact) mass is 343 g/mol. The molecular weight excluding hydrogens is 323 g/mol. The molecule has 0 aliphatic carbocycles. The van der Waals surface area contributed by atoms with E-state index in [4.69, 9.17) is 5.11 Å². The summed E-state index contributed by atoms with van der Waals surface area (Å²) < 4.78 is 39.9. The lowest BCUT2D eigenvalue weighted by atomic mass is 10.1. The Kier molecular flexibility index (Phi) is 8.01. The van der Waals surface area contributed by atoms with Crippen molar-refractivity contribution < 1.29 is 27.9 Å². The average molecular weight is 343 g/mol. The number of benzene rings is 1. The number of carbonyl (C=O) groups is 2. The van der Waals surface area contributed by atoms with Crippen molar-refractivity contribution in [1.82, 2.24) is 5.32 Å². The number of carboxylic acids is 1. The van der Waals surface area contributed by atoms with Crippen LogP contribution in [0.4, 0.5) is 13.2 Å². The van der Waals surface area contributed by atoms with Gasteiger partial charge in [-0.25, -0.2) is 18.0 Å². The van der Waals surface area contributed by atoms with E-state index in [0.29, 0.717) is 18.6 Å². The van der Waals surface area contributed by atoms with Crippen molar-refractivity contribution in [2.75, 3.05) is 0 Å². The van der Waals surface area contributed by atoms with Crippen molar-refractivity contribution in [3.8, 4) is 0 Å². The van der Waals surface area contributed by atoms with E-state index in [-0.39, 0.29) is 6.42 Å². The van der Waals surface area contributed by atoms with Gasteiger partial charge in [-0.15, -0.1) is 6.58 Å². The molecule has 0 heterocycles. The molecule has 4 nitrogen and oxygen atoms in total. The maximum atomic E-state index is 13.5. The first-order chi connectivity index (χ1) is 11.4. The lowest BCUT2D eigenvalue weighted by Crippen LogP contribution is -2.41. The summed E-state index contributed by atoms with van der Waals surface area (Å²) in [5, 5.41) is 11.2. The molecule has 1 aromatic carbocycles. The van der Waals surface area contributed by atoms with Crippen molar-refractivity contribution in [3.05, 3.63) is 47.8 Å². The van der Waals surface area contributed by atoms with Crippen LogP contribution >= 0.6 is 0 Å². The minimum Gasteiger partial charge on any atom is -0.480 e. The minimum atomic E-state index is -1.38. The van der Waals surface area contributed by atoms with E-state index in [1.54, 1.807) is 6.08 Å². The van der Waals surface area contributed by atoms with E-state index in [1.807, 2.05) is 0 Å². The Labute approximate surface area is 138 Å². The highest BCUT2D eigenvalue weighted by atomic mass is 19.1. The molecular formula is C17H20F3NO3. The van der Waals surface area contributed by atoms with Gasteiger partial charge >= 0.3 is 5.97 Å². The molecule has 0 saturated heterocycles. The van der Waals surface area contributed by atoms with Crippen LogP contribution in [0.1, 0.15) is 48.9 Å². The second-order valence-corrected chi connectivity index (χ2v) is 5.39. The standard InChI is InChI=1S/C17H20F3NO3/c1-2-3-4-5-6-7-8-14(17(23)24)21-16(22)15-12(19)9-11(18)10-13(15)20/h2,9-10,14H,1,3-8H2,(H,21,22)(H,23,24)/t14-/m1/s1. The quantitative estimate of drug-likeness (QED) is 0.501. The van der Waals surface area contributed by atoms with Gasteiger partial charge < -0.3 is 10.4 Å². The molecule has 0 aliphatic rings. The summed E-state index contributed by atoms with van der Waals surface area (Å²) >= 11 is 0. The molecule has 0 aromatic heterocycles. The van der Waals surface area contributed by atoms with E-state index < -0.39 is 40.9 Å². The Balaban J connectivity index is 2.63. The Morgan fingerprint density at radius 3 is 2.25 bits per heavy atom. The first kappa shape index (κ1) is 19.7. The summed E-state index contributed by atoms with van der Waals surface area (Å²) in [4.78, 5) is 23.1. The second kappa shape index (κ2) is 9.75. The van der Waals surface area contributed by atoms with Crippen LogP contribution in [0.25, 0.3) is 0 Å². The number of aliphatic carboxylic acids is 1. The molecule has 2 N–H and O–H groups in total. The van der Waals surface area contributed by atoms with Crippen LogP contribution in [-0.2, 0) is 4.79 Å². The fraction of sp³-hybridized carbons (Fsp3) is 0.412. The molecule has 1 amide bonds. The molecule has 0 fully saturated rings. The van der Waals surface area contributed by atoms with Gasteiger partial charge in [0.15, 0.2) is 0 Å². The van der Waals surface area contributed by atoms with Gasteiger partial charge in [-0.05, 0) is 19.3 Å². The number of hydrogen-bond donors (Lipinski definition) is 2. The van der Waals surface area contributed by atoms with E-state index in [0.717, 1.165) is 25.7 Å². The highest BCUT2D eigenvalue weighted by Crippen LogP contribution is 2.15. The third-order valence-electron chi connectivity index (χ3n) is 3.49. The largest absolute Gasteiger partial charge is 0.480 e. The fourth-order valence-corrected chi connectivity index (χ4v) is 2.24. The second-order valence-electron chi connectivity index (χ2n) is 5.39. The molecule has 0 aliphatic heterocycles. The first-order valence-corrected chi connectivity index (χ1v) is 7.66. The molecule has 0 spiro atoms. The summed E-state index contributed by atoms with van der Waals surface area (Å²) in [6, 6.07) is -0.526. The zero-order valence-corrected chi connectivity index (χ0v) is 13.2. The third-order valence-corrected chi connectivity index (χ3v) is 3.49. The number of allylic oxidation sites excluding steroid dienone is 1. The molecule has 7 heteroatoms. The number of hydrogen-bond acceptors (Lipinski definition) is 2. The smallest absolute Gasteiger partial charge is 0.326 e. The average Bonchev–Trinajstić information content (AvgIpc) is 2.48. The van der Waals surface area contributed by atoms with Gasteiger partial charge in [0, 0.05) is 12.1 Å². The van der Waals surface area contributed by atoms with Crippen molar-refractivity contribution >= 4 is 11.9 Å². The van der Waals surface area contributed by atoms with Crippen LogP contribution in [0.3, 0.4) is 0 Å². The summed E-state index contributed by atoms with van der Waals surface area (Å²) in [5.74, 6) is -6.42. The Morgan fingerprint density at radius 1 is 1.12 bits per heavy atom. The topological polar surface area (TPSA) is 66.4 Å². The number of carboxylic acid groups (broad SMARTS) is 1. The maximum Gasteiger partial charge on any atom is 0.326 e. The molecule has 0 saturated carbocycles. The predicted molar refractivity (Wildman–Crippen MR) is 83.1 cm³/mol. The lowest BCUT2D eigenvalue weighted by molar-refractivity contribution is -0.139. The third kappa shape index (κ3) is 6.06. The van der Waals surface area contributed by atoms with Crippen molar-refractivity contribution in [2.45, 2.75) is 44.6 Å². The number of halogens is 3. The first-order valence-electron chi connectivity index (χ1n) is 7.66. The van der Waals surface area contributed by atoms with E-state index in [2.05, 4.69) is 11.9 Å². The number of nitrogens with one attached hydrogen (secondary N) is 1. The van der Waals surface area contributed by atoms with Gasteiger partial charge in [0.2, 0.25) is 0 Å². The molecule has 1 rings (SSSR count). The lowest BCUT2D eigenvalue weighted by Gasteiger charge is -2.15.